The van der Waals surface area contributed by atoms with Crippen LogP contribution in [0.5, 0.6) is 5.75 Å². The fourth-order valence-corrected chi connectivity index (χ4v) is 3.10. The summed E-state index contributed by atoms with van der Waals surface area (Å²) < 4.78 is 63.9. The second-order valence-electron chi connectivity index (χ2n) is 6.52. The Bertz CT molecular complexity index is 845. The lowest BCUT2D eigenvalue weighted by Gasteiger charge is -2.43. The Morgan fingerprint density at radius 3 is 2.55 bits per heavy atom. The lowest BCUT2D eigenvalue weighted by Crippen LogP contribution is -2.63. The average molecular weight is 412 g/mol. The molecule has 0 saturated heterocycles. The summed E-state index contributed by atoms with van der Waals surface area (Å²) in [7, 11) is 0. The van der Waals surface area contributed by atoms with E-state index in [2.05, 4.69) is 10.6 Å². The van der Waals surface area contributed by atoms with Gasteiger partial charge in [0.25, 0.3) is 0 Å². The molecule has 1 aliphatic carbocycles. The van der Waals surface area contributed by atoms with Gasteiger partial charge in [0.2, 0.25) is 0 Å². The van der Waals surface area contributed by atoms with Crippen LogP contribution in [-0.4, -0.2) is 30.9 Å². The van der Waals surface area contributed by atoms with Crippen molar-refractivity contribution in [2.45, 2.75) is 37.8 Å². The molecule has 2 amide bonds. The predicted octanol–water partition coefficient (Wildman–Crippen LogP) is 4.59. The first kappa shape index (κ1) is 20.9. The number of anilines is 1. The van der Waals surface area contributed by atoms with E-state index < -0.39 is 41.4 Å². The maximum atomic E-state index is 13.2. The van der Waals surface area contributed by atoms with Crippen LogP contribution in [0.25, 0.3) is 0 Å². The van der Waals surface area contributed by atoms with Gasteiger partial charge < -0.3 is 20.1 Å². The van der Waals surface area contributed by atoms with E-state index in [0.29, 0.717) is 24.8 Å². The molecule has 0 bridgehead atoms. The van der Waals surface area contributed by atoms with Crippen LogP contribution in [0.4, 0.5) is 28.0 Å². The molecule has 3 atom stereocenters. The Morgan fingerprint density at radius 1 is 1.17 bits per heavy atom. The number of amides is 2. The number of hydrogen-bond donors (Lipinski definition) is 2. The zero-order valence-corrected chi connectivity index (χ0v) is 15.5. The zero-order valence-electron chi connectivity index (χ0n) is 15.5. The highest BCUT2D eigenvalue weighted by atomic mass is 19.4. The molecule has 2 N–H and O–H groups in total. The molecule has 9 heteroatoms. The summed E-state index contributed by atoms with van der Waals surface area (Å²) in [4.78, 5) is 12.3. The Kier molecular flexibility index (Phi) is 6.26. The first-order valence-electron chi connectivity index (χ1n) is 9.05. The van der Waals surface area contributed by atoms with Gasteiger partial charge in [-0.1, -0.05) is 18.2 Å². The molecule has 3 unspecified atom stereocenters. The second-order valence-corrected chi connectivity index (χ2v) is 6.52. The molecular formula is C20H20F4N2O3. The van der Waals surface area contributed by atoms with Crippen LogP contribution < -0.4 is 15.4 Å². The van der Waals surface area contributed by atoms with Crippen LogP contribution in [0.2, 0.25) is 0 Å². The van der Waals surface area contributed by atoms with Crippen LogP contribution >= 0.6 is 0 Å². The normalized spacial score (nSPS) is 21.2. The SMILES string of the molecule is CCOC1CC(NC(=O)Nc2ccc(F)cc2C(F)(F)F)C1Oc1ccccc1. The largest absolute Gasteiger partial charge is 0.486 e. The molecule has 2 aromatic carbocycles. The van der Waals surface area contributed by atoms with Crippen molar-refractivity contribution in [2.24, 2.45) is 0 Å². The quantitative estimate of drug-likeness (QED) is 0.683. The van der Waals surface area contributed by atoms with E-state index in [9.17, 15) is 22.4 Å². The summed E-state index contributed by atoms with van der Waals surface area (Å²) in [6.45, 7) is 2.29. The average Bonchev–Trinajstić information content (AvgIpc) is 2.67. The highest BCUT2D eigenvalue weighted by Gasteiger charge is 2.45. The van der Waals surface area contributed by atoms with Crippen LogP contribution in [0, 0.1) is 5.82 Å². The molecule has 156 valence electrons. The summed E-state index contributed by atoms with van der Waals surface area (Å²) in [6, 6.07) is 9.70. The molecule has 0 aromatic heterocycles. The second kappa shape index (κ2) is 8.69. The number of alkyl halides is 3. The number of carbonyl (C=O) groups is 1. The van der Waals surface area contributed by atoms with Gasteiger partial charge in [0, 0.05) is 13.0 Å². The summed E-state index contributed by atoms with van der Waals surface area (Å²) >= 11 is 0. The number of rotatable bonds is 6. The Labute approximate surface area is 165 Å². The van der Waals surface area contributed by atoms with E-state index in [1.165, 1.54) is 0 Å². The molecule has 3 rings (SSSR count). The highest BCUT2D eigenvalue weighted by Crippen LogP contribution is 2.35. The molecule has 0 spiro atoms. The van der Waals surface area contributed by atoms with Crippen molar-refractivity contribution >= 4 is 11.7 Å². The zero-order chi connectivity index (χ0) is 21.0. The third kappa shape index (κ3) is 5.17. The van der Waals surface area contributed by atoms with Gasteiger partial charge in [-0.15, -0.1) is 0 Å². The highest BCUT2D eigenvalue weighted by molar-refractivity contribution is 5.90. The predicted molar refractivity (Wildman–Crippen MR) is 98.2 cm³/mol. The lowest BCUT2D eigenvalue weighted by molar-refractivity contribution is -0.137. The molecule has 0 heterocycles. The molecule has 0 radical (unpaired) electrons. The van der Waals surface area contributed by atoms with Gasteiger partial charge in [-0.2, -0.15) is 13.2 Å². The first-order valence-corrected chi connectivity index (χ1v) is 9.05. The van der Waals surface area contributed by atoms with Crippen molar-refractivity contribution in [3.63, 3.8) is 0 Å². The number of para-hydroxylation sites is 1. The summed E-state index contributed by atoms with van der Waals surface area (Å²) in [5.41, 5.74) is -1.79. The van der Waals surface area contributed by atoms with Gasteiger partial charge in [0.15, 0.2) is 0 Å². The van der Waals surface area contributed by atoms with E-state index in [1.807, 2.05) is 13.0 Å². The third-order valence-electron chi connectivity index (χ3n) is 4.50. The molecule has 0 aliphatic heterocycles. The monoisotopic (exact) mass is 412 g/mol. The van der Waals surface area contributed by atoms with Crippen molar-refractivity contribution in [3.8, 4) is 5.75 Å². The minimum Gasteiger partial charge on any atom is -0.486 e. The number of ether oxygens (including phenoxy) is 2. The van der Waals surface area contributed by atoms with Crippen molar-refractivity contribution < 1.29 is 31.8 Å². The standard InChI is InChI=1S/C20H20F4N2O3/c1-2-28-17-11-16(18(17)29-13-6-4-3-5-7-13)26-19(27)25-15-9-8-12(21)10-14(15)20(22,23)24/h3-10,16-18H,2,11H2,1H3,(H2,25,26,27). The van der Waals surface area contributed by atoms with Crippen LogP contribution in [0.15, 0.2) is 48.5 Å². The number of urea groups is 1. The van der Waals surface area contributed by atoms with Crippen molar-refractivity contribution in [1.29, 1.82) is 0 Å². The number of carbonyl (C=O) groups excluding carboxylic acids is 1. The topological polar surface area (TPSA) is 59.6 Å². The summed E-state index contributed by atoms with van der Waals surface area (Å²) in [5, 5.41) is 4.74. The van der Waals surface area contributed by atoms with Crippen molar-refractivity contribution in [3.05, 3.63) is 59.9 Å². The minimum atomic E-state index is -4.81. The molecule has 2 aromatic rings. The molecular weight excluding hydrogens is 392 g/mol. The first-order chi connectivity index (χ1) is 13.8. The van der Waals surface area contributed by atoms with Crippen LogP contribution in [0.1, 0.15) is 18.9 Å². The van der Waals surface area contributed by atoms with Crippen LogP contribution in [-0.2, 0) is 10.9 Å². The number of nitrogens with one attached hydrogen (secondary N) is 2. The van der Waals surface area contributed by atoms with Gasteiger partial charge >= 0.3 is 12.2 Å². The minimum absolute atomic E-state index is 0.248. The maximum absolute atomic E-state index is 13.2. The van der Waals surface area contributed by atoms with Gasteiger partial charge in [-0.3, -0.25) is 0 Å². The van der Waals surface area contributed by atoms with Gasteiger partial charge in [0.05, 0.1) is 23.4 Å². The van der Waals surface area contributed by atoms with E-state index in [4.69, 9.17) is 9.47 Å². The fraction of sp³-hybridized carbons (Fsp3) is 0.350. The van der Waals surface area contributed by atoms with E-state index in [0.717, 1.165) is 12.1 Å². The van der Waals surface area contributed by atoms with Crippen molar-refractivity contribution in [1.82, 2.24) is 5.32 Å². The van der Waals surface area contributed by atoms with Gasteiger partial charge in [0.1, 0.15) is 17.7 Å². The number of hydrogen-bond acceptors (Lipinski definition) is 3. The van der Waals surface area contributed by atoms with E-state index in [-0.39, 0.29) is 6.10 Å². The number of benzene rings is 2. The lowest BCUT2D eigenvalue weighted by atomic mass is 9.85. The molecule has 1 aliphatic rings. The van der Waals surface area contributed by atoms with Crippen molar-refractivity contribution in [2.75, 3.05) is 11.9 Å². The van der Waals surface area contributed by atoms with E-state index in [1.54, 1.807) is 24.3 Å². The third-order valence-corrected chi connectivity index (χ3v) is 4.50. The Morgan fingerprint density at radius 2 is 1.90 bits per heavy atom. The Balaban J connectivity index is 1.67. The summed E-state index contributed by atoms with van der Waals surface area (Å²) in [5.74, 6) is -0.454. The summed E-state index contributed by atoms with van der Waals surface area (Å²) in [6.07, 6.45) is -5.09. The molecule has 5 nitrogen and oxygen atoms in total. The number of halogens is 4. The fourth-order valence-electron chi connectivity index (χ4n) is 3.10. The molecule has 1 fully saturated rings. The van der Waals surface area contributed by atoms with Crippen LogP contribution in [0.3, 0.4) is 0 Å². The van der Waals surface area contributed by atoms with E-state index >= 15 is 0 Å². The maximum Gasteiger partial charge on any atom is 0.418 e. The smallest absolute Gasteiger partial charge is 0.418 e. The molecule has 29 heavy (non-hydrogen) atoms. The van der Waals surface area contributed by atoms with Gasteiger partial charge in [-0.25, -0.2) is 9.18 Å². The molecule has 1 saturated carbocycles. The Hall–Kier alpha value is -2.81. The van der Waals surface area contributed by atoms with Gasteiger partial charge in [-0.05, 0) is 37.3 Å².